The standard InChI is InChI=1S/C14H13N3O2/c1-18-12-5-3-10(9-13(12)19-2)11-4-6-14-15-7-8-17(14)16-11/h3-9H,1-2H3. The van der Waals surface area contributed by atoms with Gasteiger partial charge in [0, 0.05) is 18.0 Å². The molecule has 0 saturated heterocycles. The topological polar surface area (TPSA) is 48.7 Å². The molecule has 1 aromatic carbocycles. The minimum atomic E-state index is 0.688. The van der Waals surface area contributed by atoms with Crippen molar-refractivity contribution in [2.75, 3.05) is 14.2 Å². The molecule has 0 bridgehead atoms. The van der Waals surface area contributed by atoms with Crippen LogP contribution in [0.4, 0.5) is 0 Å². The fourth-order valence-corrected chi connectivity index (χ4v) is 1.96. The number of methoxy groups -OCH3 is 2. The quantitative estimate of drug-likeness (QED) is 0.721. The summed E-state index contributed by atoms with van der Waals surface area (Å²) in [5.74, 6) is 1.39. The van der Waals surface area contributed by atoms with Gasteiger partial charge in [-0.3, -0.25) is 0 Å². The summed E-state index contributed by atoms with van der Waals surface area (Å²) >= 11 is 0. The minimum Gasteiger partial charge on any atom is -0.493 e. The van der Waals surface area contributed by atoms with Crippen LogP contribution in [-0.2, 0) is 0 Å². The molecule has 0 N–H and O–H groups in total. The molecular weight excluding hydrogens is 242 g/mol. The SMILES string of the molecule is COc1ccc(-c2ccc3nccn3n2)cc1OC. The Morgan fingerprint density at radius 3 is 2.63 bits per heavy atom. The summed E-state index contributed by atoms with van der Waals surface area (Å²) in [6.45, 7) is 0. The lowest BCUT2D eigenvalue weighted by atomic mass is 10.1. The van der Waals surface area contributed by atoms with E-state index in [1.807, 2.05) is 36.5 Å². The summed E-state index contributed by atoms with van der Waals surface area (Å²) in [5.41, 5.74) is 2.64. The molecule has 3 aromatic rings. The molecule has 96 valence electrons. The van der Waals surface area contributed by atoms with Crippen LogP contribution in [0, 0.1) is 0 Å². The zero-order valence-electron chi connectivity index (χ0n) is 10.7. The fraction of sp³-hybridized carbons (Fsp3) is 0.143. The van der Waals surface area contributed by atoms with Gasteiger partial charge in [-0.1, -0.05) is 0 Å². The lowest BCUT2D eigenvalue weighted by Crippen LogP contribution is -1.95. The number of rotatable bonds is 3. The Kier molecular flexibility index (Phi) is 2.79. The molecule has 0 aliphatic rings. The normalized spacial score (nSPS) is 10.6. The van der Waals surface area contributed by atoms with E-state index in [9.17, 15) is 0 Å². The van der Waals surface area contributed by atoms with Crippen molar-refractivity contribution in [1.29, 1.82) is 0 Å². The molecule has 2 heterocycles. The van der Waals surface area contributed by atoms with Gasteiger partial charge in [0.15, 0.2) is 17.1 Å². The molecule has 0 aliphatic carbocycles. The first-order chi connectivity index (χ1) is 9.31. The number of ether oxygens (including phenoxy) is 2. The first kappa shape index (κ1) is 11.5. The van der Waals surface area contributed by atoms with Crippen LogP contribution in [0.15, 0.2) is 42.7 Å². The van der Waals surface area contributed by atoms with E-state index >= 15 is 0 Å². The number of hydrogen-bond donors (Lipinski definition) is 0. The Morgan fingerprint density at radius 2 is 1.84 bits per heavy atom. The van der Waals surface area contributed by atoms with Crippen LogP contribution < -0.4 is 9.47 Å². The van der Waals surface area contributed by atoms with Gasteiger partial charge in [-0.25, -0.2) is 9.50 Å². The van der Waals surface area contributed by atoms with Crippen LogP contribution in [0.3, 0.4) is 0 Å². The van der Waals surface area contributed by atoms with Crippen molar-refractivity contribution in [3.8, 4) is 22.8 Å². The van der Waals surface area contributed by atoms with Crippen LogP contribution in [0.1, 0.15) is 0 Å². The maximum atomic E-state index is 5.30. The molecule has 0 saturated carbocycles. The van der Waals surface area contributed by atoms with Crippen LogP contribution >= 0.6 is 0 Å². The molecule has 0 amide bonds. The Labute approximate surface area is 110 Å². The second-order valence-electron chi connectivity index (χ2n) is 4.02. The first-order valence-electron chi connectivity index (χ1n) is 5.84. The predicted molar refractivity (Wildman–Crippen MR) is 71.5 cm³/mol. The fourth-order valence-electron chi connectivity index (χ4n) is 1.96. The highest BCUT2D eigenvalue weighted by molar-refractivity contribution is 5.64. The highest BCUT2D eigenvalue weighted by atomic mass is 16.5. The average Bonchev–Trinajstić information content (AvgIpc) is 2.93. The molecule has 5 nitrogen and oxygen atoms in total. The van der Waals surface area contributed by atoms with Crippen LogP contribution in [-0.4, -0.2) is 28.8 Å². The third kappa shape index (κ3) is 1.99. The smallest absolute Gasteiger partial charge is 0.161 e. The monoisotopic (exact) mass is 255 g/mol. The number of imidazole rings is 1. The van der Waals surface area contributed by atoms with Gasteiger partial charge in [0.25, 0.3) is 0 Å². The Balaban J connectivity index is 2.09. The van der Waals surface area contributed by atoms with Crippen molar-refractivity contribution >= 4 is 5.65 Å². The highest BCUT2D eigenvalue weighted by Gasteiger charge is 2.07. The van der Waals surface area contributed by atoms with E-state index in [0.29, 0.717) is 11.5 Å². The zero-order valence-corrected chi connectivity index (χ0v) is 10.7. The third-order valence-electron chi connectivity index (χ3n) is 2.93. The van der Waals surface area contributed by atoms with Crippen molar-refractivity contribution < 1.29 is 9.47 Å². The number of aromatic nitrogens is 3. The molecule has 0 aliphatic heterocycles. The van der Waals surface area contributed by atoms with Crippen molar-refractivity contribution in [3.05, 3.63) is 42.7 Å². The average molecular weight is 255 g/mol. The summed E-state index contributed by atoms with van der Waals surface area (Å²) in [6.07, 6.45) is 3.54. The molecule has 2 aromatic heterocycles. The molecule has 0 radical (unpaired) electrons. The molecule has 0 atom stereocenters. The van der Waals surface area contributed by atoms with Crippen molar-refractivity contribution in [3.63, 3.8) is 0 Å². The molecular formula is C14H13N3O2. The Bertz CT molecular complexity index is 722. The van der Waals surface area contributed by atoms with Gasteiger partial charge in [-0.2, -0.15) is 5.10 Å². The molecule has 0 unspecified atom stereocenters. The third-order valence-corrected chi connectivity index (χ3v) is 2.93. The number of hydrogen-bond acceptors (Lipinski definition) is 4. The molecule has 5 heteroatoms. The highest BCUT2D eigenvalue weighted by Crippen LogP contribution is 2.31. The van der Waals surface area contributed by atoms with E-state index in [1.165, 1.54) is 0 Å². The van der Waals surface area contributed by atoms with Gasteiger partial charge in [0.2, 0.25) is 0 Å². The minimum absolute atomic E-state index is 0.688. The largest absolute Gasteiger partial charge is 0.493 e. The summed E-state index contributed by atoms with van der Waals surface area (Å²) in [4.78, 5) is 4.17. The Hall–Kier alpha value is -2.56. The van der Waals surface area contributed by atoms with Gasteiger partial charge in [0.05, 0.1) is 19.9 Å². The van der Waals surface area contributed by atoms with E-state index in [4.69, 9.17) is 9.47 Å². The molecule has 0 spiro atoms. The van der Waals surface area contributed by atoms with Crippen LogP contribution in [0.5, 0.6) is 11.5 Å². The second kappa shape index (κ2) is 4.61. The number of fused-ring (bicyclic) bond motifs is 1. The molecule has 3 rings (SSSR count). The van der Waals surface area contributed by atoms with Crippen LogP contribution in [0.2, 0.25) is 0 Å². The van der Waals surface area contributed by atoms with Gasteiger partial charge >= 0.3 is 0 Å². The second-order valence-corrected chi connectivity index (χ2v) is 4.02. The maximum absolute atomic E-state index is 5.30. The zero-order chi connectivity index (χ0) is 13.2. The number of benzene rings is 1. The summed E-state index contributed by atoms with van der Waals surface area (Å²) in [7, 11) is 3.24. The summed E-state index contributed by atoms with van der Waals surface area (Å²) < 4.78 is 12.3. The number of nitrogens with zero attached hydrogens (tertiary/aromatic N) is 3. The van der Waals surface area contributed by atoms with E-state index in [-0.39, 0.29) is 0 Å². The predicted octanol–water partition coefficient (Wildman–Crippen LogP) is 2.41. The molecule has 19 heavy (non-hydrogen) atoms. The first-order valence-corrected chi connectivity index (χ1v) is 5.84. The van der Waals surface area contributed by atoms with E-state index in [2.05, 4.69) is 10.1 Å². The van der Waals surface area contributed by atoms with Crippen molar-refractivity contribution in [1.82, 2.24) is 14.6 Å². The van der Waals surface area contributed by atoms with Gasteiger partial charge in [-0.15, -0.1) is 0 Å². The summed E-state index contributed by atoms with van der Waals surface area (Å²) in [6, 6.07) is 9.59. The van der Waals surface area contributed by atoms with E-state index in [1.54, 1.807) is 24.9 Å². The molecule has 0 fully saturated rings. The van der Waals surface area contributed by atoms with Gasteiger partial charge in [0.1, 0.15) is 0 Å². The van der Waals surface area contributed by atoms with E-state index in [0.717, 1.165) is 16.9 Å². The Morgan fingerprint density at radius 1 is 1.00 bits per heavy atom. The maximum Gasteiger partial charge on any atom is 0.161 e. The van der Waals surface area contributed by atoms with Crippen LogP contribution in [0.25, 0.3) is 16.9 Å². The van der Waals surface area contributed by atoms with Crippen molar-refractivity contribution in [2.45, 2.75) is 0 Å². The van der Waals surface area contributed by atoms with Gasteiger partial charge in [-0.05, 0) is 30.3 Å². The van der Waals surface area contributed by atoms with E-state index < -0.39 is 0 Å². The lowest BCUT2D eigenvalue weighted by molar-refractivity contribution is 0.355. The lowest BCUT2D eigenvalue weighted by Gasteiger charge is -2.09. The summed E-state index contributed by atoms with van der Waals surface area (Å²) in [5, 5.41) is 4.49. The van der Waals surface area contributed by atoms with Gasteiger partial charge < -0.3 is 9.47 Å². The van der Waals surface area contributed by atoms with Crippen molar-refractivity contribution in [2.24, 2.45) is 0 Å².